The maximum Gasteiger partial charge on any atom is 0.259 e. The van der Waals surface area contributed by atoms with Gasteiger partial charge in [0, 0.05) is 53.5 Å². The summed E-state index contributed by atoms with van der Waals surface area (Å²) in [5.41, 5.74) is 8.88. The van der Waals surface area contributed by atoms with Gasteiger partial charge >= 0.3 is 0 Å². The van der Waals surface area contributed by atoms with Crippen LogP contribution in [-0.4, -0.2) is 59.7 Å². The van der Waals surface area contributed by atoms with Gasteiger partial charge in [0.25, 0.3) is 11.8 Å². The maximum atomic E-state index is 13.4. The summed E-state index contributed by atoms with van der Waals surface area (Å²) >= 11 is 0. The number of H-pyrrole nitrogens is 1. The summed E-state index contributed by atoms with van der Waals surface area (Å²) in [7, 11) is 0. The third-order valence-corrected chi connectivity index (χ3v) is 7.39. The average Bonchev–Trinajstić information content (AvgIpc) is 3.65. The second-order valence-corrected chi connectivity index (χ2v) is 9.98. The Morgan fingerprint density at radius 1 is 1.19 bits per heavy atom. The number of anilines is 4. The topological polar surface area (TPSA) is 141 Å². The molecule has 5 N–H and O–H groups in total. The lowest BCUT2D eigenvalue weighted by molar-refractivity contribution is -0.150. The van der Waals surface area contributed by atoms with Gasteiger partial charge in [-0.1, -0.05) is 6.07 Å². The number of morpholine rings is 1. The van der Waals surface area contributed by atoms with E-state index in [1.54, 1.807) is 24.4 Å². The molecule has 0 spiro atoms. The highest BCUT2D eigenvalue weighted by Gasteiger charge is 2.40. The number of nitrogens with two attached hydrogens (primary N) is 1. The van der Waals surface area contributed by atoms with Crippen molar-refractivity contribution in [3.8, 4) is 0 Å². The van der Waals surface area contributed by atoms with Crippen LogP contribution in [0.1, 0.15) is 24.8 Å². The van der Waals surface area contributed by atoms with E-state index in [1.165, 1.54) is 4.90 Å². The monoisotopic (exact) mass is 503 g/mol. The largest absolute Gasteiger partial charge is 0.385 e. The Balaban J connectivity index is 1.19. The first-order valence-electron chi connectivity index (χ1n) is 12.6. The number of nitrogen functional groups attached to an aromatic ring is 1. The summed E-state index contributed by atoms with van der Waals surface area (Å²) in [5, 5.41) is 15.0. The fourth-order valence-corrected chi connectivity index (χ4v) is 5.13. The van der Waals surface area contributed by atoms with E-state index in [1.807, 2.05) is 23.1 Å². The number of hydrogen-bond acceptors (Lipinski definition) is 6. The number of nitrogens with one attached hydrogen (secondary N) is 2. The summed E-state index contributed by atoms with van der Waals surface area (Å²) < 4.78 is 5.56. The highest BCUT2D eigenvalue weighted by molar-refractivity contribution is 6.05. The van der Waals surface area contributed by atoms with Crippen LogP contribution in [0.2, 0.25) is 0 Å². The Morgan fingerprint density at radius 3 is 2.84 bits per heavy atom. The van der Waals surface area contributed by atoms with Crippen molar-refractivity contribution in [2.45, 2.75) is 37.9 Å². The predicted octanol–water partition coefficient (Wildman–Crippen LogP) is 2.17. The SMILES string of the molecule is Nc1[nH]cc2cc(NC(=O)[C@H](O)[C@H]3OCCN(c4ccc5c(c4)N(CC4CC4)C(=O)CC5)C3=O)ccc12. The Hall–Kier alpha value is -3.89. The van der Waals surface area contributed by atoms with Gasteiger partial charge in [-0.05, 0) is 61.1 Å². The Labute approximate surface area is 213 Å². The molecule has 10 nitrogen and oxygen atoms in total. The number of aryl methyl sites for hydroxylation is 1. The van der Waals surface area contributed by atoms with Crippen molar-refractivity contribution in [2.75, 3.05) is 40.5 Å². The van der Waals surface area contributed by atoms with Gasteiger partial charge in [0.1, 0.15) is 5.82 Å². The predicted molar refractivity (Wildman–Crippen MR) is 139 cm³/mol. The molecule has 1 aliphatic carbocycles. The summed E-state index contributed by atoms with van der Waals surface area (Å²) in [6.07, 6.45) is 2.11. The molecule has 10 heteroatoms. The molecule has 2 atom stereocenters. The number of hydrogen-bond donors (Lipinski definition) is 4. The molecule has 37 heavy (non-hydrogen) atoms. The van der Waals surface area contributed by atoms with Crippen LogP contribution < -0.4 is 20.9 Å². The van der Waals surface area contributed by atoms with Crippen molar-refractivity contribution >= 4 is 51.4 Å². The van der Waals surface area contributed by atoms with Crippen LogP contribution in [0.4, 0.5) is 22.9 Å². The van der Waals surface area contributed by atoms with Gasteiger partial charge < -0.3 is 35.7 Å². The lowest BCUT2D eigenvalue weighted by Gasteiger charge is -2.36. The molecule has 2 aromatic carbocycles. The van der Waals surface area contributed by atoms with Gasteiger partial charge in [0.05, 0.1) is 6.61 Å². The summed E-state index contributed by atoms with van der Waals surface area (Å²) in [6, 6.07) is 10.9. The van der Waals surface area contributed by atoms with E-state index in [0.29, 0.717) is 42.5 Å². The Bertz CT molecular complexity index is 1400. The van der Waals surface area contributed by atoms with Crippen molar-refractivity contribution in [2.24, 2.45) is 5.92 Å². The van der Waals surface area contributed by atoms with Gasteiger partial charge in [0.15, 0.2) is 12.2 Å². The van der Waals surface area contributed by atoms with Gasteiger partial charge in [-0.2, -0.15) is 0 Å². The van der Waals surface area contributed by atoms with Crippen LogP contribution in [0.15, 0.2) is 42.6 Å². The van der Waals surface area contributed by atoms with Crippen LogP contribution in [-0.2, 0) is 25.5 Å². The van der Waals surface area contributed by atoms with Crippen molar-refractivity contribution in [3.05, 3.63) is 48.2 Å². The number of benzene rings is 2. The molecule has 2 aliphatic heterocycles. The molecule has 0 radical (unpaired) electrons. The fraction of sp³-hybridized carbons (Fsp3) is 0.370. The number of ether oxygens (including phenoxy) is 1. The number of aromatic amines is 1. The van der Waals surface area contributed by atoms with Gasteiger partial charge in [0.2, 0.25) is 5.91 Å². The molecule has 2 fully saturated rings. The quantitative estimate of drug-likeness (QED) is 0.406. The molecular formula is C27H29N5O5. The van der Waals surface area contributed by atoms with Gasteiger partial charge in [-0.15, -0.1) is 0 Å². The fourth-order valence-electron chi connectivity index (χ4n) is 5.13. The lowest BCUT2D eigenvalue weighted by atomic mass is 9.99. The first-order valence-corrected chi connectivity index (χ1v) is 12.6. The van der Waals surface area contributed by atoms with Crippen LogP contribution >= 0.6 is 0 Å². The summed E-state index contributed by atoms with van der Waals surface area (Å²) in [5.74, 6) is -0.0723. The zero-order chi connectivity index (χ0) is 25.7. The van der Waals surface area contributed by atoms with E-state index in [-0.39, 0.29) is 19.1 Å². The van der Waals surface area contributed by atoms with E-state index in [0.717, 1.165) is 34.9 Å². The highest BCUT2D eigenvalue weighted by Crippen LogP contribution is 2.37. The molecule has 3 aromatic rings. The molecule has 6 rings (SSSR count). The smallest absolute Gasteiger partial charge is 0.259 e. The minimum atomic E-state index is -1.70. The van der Waals surface area contributed by atoms with Crippen LogP contribution in [0.3, 0.4) is 0 Å². The third kappa shape index (κ3) is 4.42. The van der Waals surface area contributed by atoms with Gasteiger partial charge in [-0.3, -0.25) is 14.4 Å². The molecule has 1 aromatic heterocycles. The number of fused-ring (bicyclic) bond motifs is 2. The molecule has 1 saturated carbocycles. The second kappa shape index (κ2) is 9.20. The van der Waals surface area contributed by atoms with E-state index in [4.69, 9.17) is 10.5 Å². The van der Waals surface area contributed by atoms with Crippen molar-refractivity contribution < 1.29 is 24.2 Å². The number of carbonyl (C=O) groups excluding carboxylic acids is 3. The van der Waals surface area contributed by atoms with Crippen molar-refractivity contribution in [1.82, 2.24) is 4.98 Å². The van der Waals surface area contributed by atoms with E-state index >= 15 is 0 Å². The van der Waals surface area contributed by atoms with Crippen molar-refractivity contribution in [1.29, 1.82) is 0 Å². The number of aliphatic hydroxyl groups is 1. The zero-order valence-electron chi connectivity index (χ0n) is 20.3. The van der Waals surface area contributed by atoms with E-state index in [9.17, 15) is 19.5 Å². The van der Waals surface area contributed by atoms with E-state index < -0.39 is 24.0 Å². The Morgan fingerprint density at radius 2 is 2.03 bits per heavy atom. The normalized spacial score (nSPS) is 20.7. The van der Waals surface area contributed by atoms with Crippen molar-refractivity contribution in [3.63, 3.8) is 0 Å². The Kier molecular flexibility index (Phi) is 5.85. The lowest BCUT2D eigenvalue weighted by Crippen LogP contribution is -2.55. The molecule has 192 valence electrons. The second-order valence-electron chi connectivity index (χ2n) is 9.98. The maximum absolute atomic E-state index is 13.4. The zero-order valence-corrected chi connectivity index (χ0v) is 20.3. The number of carbonyl (C=O) groups is 3. The summed E-state index contributed by atoms with van der Waals surface area (Å²) in [4.78, 5) is 45.1. The summed E-state index contributed by atoms with van der Waals surface area (Å²) in [6.45, 7) is 1.15. The molecule has 3 amide bonds. The first-order chi connectivity index (χ1) is 17.9. The van der Waals surface area contributed by atoms with Crippen LogP contribution in [0.25, 0.3) is 10.8 Å². The number of aliphatic hydroxyl groups excluding tert-OH is 1. The van der Waals surface area contributed by atoms with E-state index in [2.05, 4.69) is 10.3 Å². The molecular weight excluding hydrogens is 474 g/mol. The molecule has 3 aliphatic rings. The molecule has 1 saturated heterocycles. The number of nitrogens with zero attached hydrogens (tertiary/aromatic N) is 2. The molecule has 3 heterocycles. The third-order valence-electron chi connectivity index (χ3n) is 7.39. The minimum absolute atomic E-state index is 0.107. The first kappa shape index (κ1) is 23.5. The number of rotatable bonds is 6. The van der Waals surface area contributed by atoms with Crippen LogP contribution in [0.5, 0.6) is 0 Å². The number of amides is 3. The minimum Gasteiger partial charge on any atom is -0.385 e. The highest BCUT2D eigenvalue weighted by atomic mass is 16.5. The number of aromatic nitrogens is 1. The standard InChI is InChI=1S/C27H29N5O5/c28-25-20-7-5-18(11-17(20)13-29-25)30-26(35)23(34)24-27(36)31(9-10-37-24)19-6-3-16-4-8-22(33)32(21(16)12-19)14-15-1-2-15/h3,5-7,11-13,15,23-24,29,34H,1-2,4,8-10,14,28H2,(H,30,35)/t23-,24-/m1/s1. The van der Waals surface area contributed by atoms with Crippen LogP contribution in [0, 0.1) is 5.92 Å². The average molecular weight is 504 g/mol. The molecule has 0 bridgehead atoms. The van der Waals surface area contributed by atoms with Gasteiger partial charge in [-0.25, -0.2) is 0 Å². The molecule has 0 unspecified atom stereocenters.